The van der Waals surface area contributed by atoms with E-state index in [1.807, 2.05) is 43.0 Å². The van der Waals surface area contributed by atoms with Crippen molar-refractivity contribution in [1.29, 1.82) is 0 Å². The van der Waals surface area contributed by atoms with Gasteiger partial charge in [-0.3, -0.25) is 4.79 Å². The number of nitrogens with zero attached hydrogens (tertiary/aromatic N) is 1. The Balaban J connectivity index is 1.66. The van der Waals surface area contributed by atoms with Gasteiger partial charge in [0.2, 0.25) is 5.91 Å². The minimum atomic E-state index is -0.447. The van der Waals surface area contributed by atoms with Crippen LogP contribution in [0.5, 0.6) is 11.5 Å². The molecule has 5 heteroatoms. The zero-order chi connectivity index (χ0) is 15.7. The highest BCUT2D eigenvalue weighted by Gasteiger charge is 2.38. The Kier molecular flexibility index (Phi) is 4.25. The lowest BCUT2D eigenvalue weighted by molar-refractivity contribution is -0.135. The molecule has 1 fully saturated rings. The van der Waals surface area contributed by atoms with Gasteiger partial charge in [0.1, 0.15) is 6.61 Å². The zero-order valence-electron chi connectivity index (χ0n) is 13.2. The van der Waals surface area contributed by atoms with Crippen LogP contribution in [0.15, 0.2) is 24.3 Å². The molecule has 2 aliphatic rings. The van der Waals surface area contributed by atoms with E-state index in [0.717, 1.165) is 24.3 Å². The molecule has 1 aliphatic carbocycles. The van der Waals surface area contributed by atoms with Crippen molar-refractivity contribution in [3.63, 3.8) is 0 Å². The van der Waals surface area contributed by atoms with Crippen molar-refractivity contribution in [3.05, 3.63) is 24.3 Å². The van der Waals surface area contributed by atoms with Crippen molar-refractivity contribution in [2.45, 2.75) is 44.9 Å². The fourth-order valence-corrected chi connectivity index (χ4v) is 2.65. The molecule has 22 heavy (non-hydrogen) atoms. The first-order chi connectivity index (χ1) is 10.6. The zero-order valence-corrected chi connectivity index (χ0v) is 13.2. The van der Waals surface area contributed by atoms with Crippen LogP contribution >= 0.6 is 0 Å². The molecular weight excluding hydrogens is 280 g/mol. The summed E-state index contributed by atoms with van der Waals surface area (Å²) in [5, 5.41) is 0. The molecule has 0 aromatic heterocycles. The van der Waals surface area contributed by atoms with E-state index in [4.69, 9.17) is 15.2 Å². The van der Waals surface area contributed by atoms with Crippen molar-refractivity contribution in [3.8, 4) is 11.5 Å². The number of hydrogen-bond acceptors (Lipinski definition) is 4. The Labute approximate surface area is 131 Å². The highest BCUT2D eigenvalue weighted by molar-refractivity contribution is 5.82. The van der Waals surface area contributed by atoms with Crippen molar-refractivity contribution in [1.82, 2.24) is 4.90 Å². The molecule has 5 nitrogen and oxygen atoms in total. The van der Waals surface area contributed by atoms with E-state index < -0.39 is 6.04 Å². The van der Waals surface area contributed by atoms with E-state index in [-0.39, 0.29) is 17.9 Å². The van der Waals surface area contributed by atoms with Gasteiger partial charge in [0, 0.05) is 6.04 Å². The van der Waals surface area contributed by atoms with Crippen molar-refractivity contribution in [2.24, 2.45) is 11.7 Å². The van der Waals surface area contributed by atoms with E-state index in [1.165, 1.54) is 0 Å². The van der Waals surface area contributed by atoms with Crippen molar-refractivity contribution in [2.75, 3.05) is 13.2 Å². The number of hydrogen-bond donors (Lipinski definition) is 1. The Morgan fingerprint density at radius 2 is 2.00 bits per heavy atom. The number of amides is 1. The molecule has 3 rings (SSSR count). The molecular formula is C17H24N2O3. The van der Waals surface area contributed by atoms with E-state index in [1.54, 1.807) is 0 Å². The topological polar surface area (TPSA) is 64.8 Å². The molecule has 2 unspecified atom stereocenters. The maximum absolute atomic E-state index is 12.6. The molecule has 0 radical (unpaired) electrons. The summed E-state index contributed by atoms with van der Waals surface area (Å²) < 4.78 is 11.7. The van der Waals surface area contributed by atoms with Crippen LogP contribution in [0.3, 0.4) is 0 Å². The van der Waals surface area contributed by atoms with Crippen molar-refractivity contribution < 1.29 is 14.3 Å². The molecule has 1 saturated carbocycles. The molecule has 1 amide bonds. The third-order valence-electron chi connectivity index (χ3n) is 4.24. The highest BCUT2D eigenvalue weighted by atomic mass is 16.6. The third-order valence-corrected chi connectivity index (χ3v) is 4.24. The summed E-state index contributed by atoms with van der Waals surface area (Å²) in [5.74, 6) is 1.68. The smallest absolute Gasteiger partial charge is 0.240 e. The van der Waals surface area contributed by atoms with Gasteiger partial charge >= 0.3 is 0 Å². The monoisotopic (exact) mass is 304 g/mol. The number of fused-ring (bicyclic) bond motifs is 1. The lowest BCUT2D eigenvalue weighted by atomic mass is 10.0. The van der Waals surface area contributed by atoms with Gasteiger partial charge in [0.25, 0.3) is 0 Å². The molecule has 1 aliphatic heterocycles. The van der Waals surface area contributed by atoms with Gasteiger partial charge in [-0.05, 0) is 30.9 Å². The molecule has 0 bridgehead atoms. The second kappa shape index (κ2) is 6.16. The fourth-order valence-electron chi connectivity index (χ4n) is 2.65. The first-order valence-electron chi connectivity index (χ1n) is 8.01. The summed E-state index contributed by atoms with van der Waals surface area (Å²) in [7, 11) is 0. The van der Waals surface area contributed by atoms with Gasteiger partial charge in [-0.15, -0.1) is 0 Å². The Morgan fingerprint density at radius 3 is 2.64 bits per heavy atom. The standard InChI is InChI=1S/C17H24N2O3/c1-11(2)16(18)17(20)19(12-7-8-12)9-13-10-21-14-5-3-4-6-15(14)22-13/h3-6,11-13,16H,7-10,18H2,1-2H3. The maximum atomic E-state index is 12.6. The maximum Gasteiger partial charge on any atom is 0.240 e. The van der Waals surface area contributed by atoms with Crippen LogP contribution in [0.1, 0.15) is 26.7 Å². The average Bonchev–Trinajstić information content (AvgIpc) is 3.35. The second-order valence-electron chi connectivity index (χ2n) is 6.49. The third kappa shape index (κ3) is 3.19. The van der Waals surface area contributed by atoms with Crippen LogP contribution in [0, 0.1) is 5.92 Å². The molecule has 0 spiro atoms. The predicted octanol–water partition coefficient (Wildman–Crippen LogP) is 1.80. The number of benzene rings is 1. The molecule has 1 aromatic carbocycles. The number of carbonyl (C=O) groups is 1. The molecule has 0 saturated heterocycles. The van der Waals surface area contributed by atoms with E-state index in [9.17, 15) is 4.79 Å². The van der Waals surface area contributed by atoms with Crippen LogP contribution in [0.4, 0.5) is 0 Å². The average molecular weight is 304 g/mol. The summed E-state index contributed by atoms with van der Waals surface area (Å²) in [4.78, 5) is 14.5. The minimum absolute atomic E-state index is 0.0277. The van der Waals surface area contributed by atoms with Crippen LogP contribution in [0.25, 0.3) is 0 Å². The van der Waals surface area contributed by atoms with Crippen LogP contribution < -0.4 is 15.2 Å². The van der Waals surface area contributed by atoms with Gasteiger partial charge in [0.05, 0.1) is 12.6 Å². The van der Waals surface area contributed by atoms with Gasteiger partial charge in [-0.2, -0.15) is 0 Å². The van der Waals surface area contributed by atoms with Crippen LogP contribution in [0.2, 0.25) is 0 Å². The largest absolute Gasteiger partial charge is 0.486 e. The van der Waals surface area contributed by atoms with Crippen molar-refractivity contribution >= 4 is 5.91 Å². The SMILES string of the molecule is CC(C)C(N)C(=O)N(CC1COc2ccccc2O1)C1CC1. The summed E-state index contributed by atoms with van der Waals surface area (Å²) in [6, 6.07) is 7.50. The lowest BCUT2D eigenvalue weighted by Crippen LogP contribution is -2.51. The van der Waals surface area contributed by atoms with Gasteiger partial charge in [-0.1, -0.05) is 26.0 Å². The van der Waals surface area contributed by atoms with Crippen LogP contribution in [-0.2, 0) is 4.79 Å². The number of para-hydroxylation sites is 2. The summed E-state index contributed by atoms with van der Waals surface area (Å²) >= 11 is 0. The number of nitrogens with two attached hydrogens (primary N) is 1. The van der Waals surface area contributed by atoms with E-state index in [2.05, 4.69) is 0 Å². The van der Waals surface area contributed by atoms with Gasteiger partial charge < -0.3 is 20.1 Å². The number of rotatable bonds is 5. The molecule has 1 aromatic rings. The Bertz CT molecular complexity index is 542. The minimum Gasteiger partial charge on any atom is -0.486 e. The Hall–Kier alpha value is -1.75. The summed E-state index contributed by atoms with van der Waals surface area (Å²) in [6.07, 6.45) is 1.97. The molecule has 2 N–H and O–H groups in total. The fraction of sp³-hybridized carbons (Fsp3) is 0.588. The van der Waals surface area contributed by atoms with Crippen LogP contribution in [-0.4, -0.2) is 42.1 Å². The first kappa shape index (κ1) is 15.2. The summed E-state index contributed by atoms with van der Waals surface area (Å²) in [5.41, 5.74) is 6.04. The normalized spacial score (nSPS) is 21.5. The quantitative estimate of drug-likeness (QED) is 0.901. The van der Waals surface area contributed by atoms with Gasteiger partial charge in [-0.25, -0.2) is 0 Å². The highest BCUT2D eigenvalue weighted by Crippen LogP contribution is 2.33. The van der Waals surface area contributed by atoms with E-state index in [0.29, 0.717) is 19.2 Å². The first-order valence-corrected chi connectivity index (χ1v) is 8.01. The Morgan fingerprint density at radius 1 is 1.32 bits per heavy atom. The number of carbonyl (C=O) groups excluding carboxylic acids is 1. The van der Waals surface area contributed by atoms with Gasteiger partial charge in [0.15, 0.2) is 17.6 Å². The summed E-state index contributed by atoms with van der Waals surface area (Å²) in [6.45, 7) is 4.96. The lowest BCUT2D eigenvalue weighted by Gasteiger charge is -2.33. The second-order valence-corrected chi connectivity index (χ2v) is 6.49. The molecule has 120 valence electrons. The predicted molar refractivity (Wildman–Crippen MR) is 83.9 cm³/mol. The number of ether oxygens (including phenoxy) is 2. The van der Waals surface area contributed by atoms with E-state index >= 15 is 0 Å². The molecule has 2 atom stereocenters. The molecule has 1 heterocycles.